The molecule has 0 atom stereocenters. The number of hydrogen-bond acceptors (Lipinski definition) is 0. The Labute approximate surface area is 199 Å². The highest BCUT2D eigenvalue weighted by atomic mass is 19.4. The van der Waals surface area contributed by atoms with Crippen LogP contribution in [-0.4, -0.2) is 6.18 Å². The predicted molar refractivity (Wildman–Crippen MR) is 128 cm³/mol. The van der Waals surface area contributed by atoms with E-state index in [1.54, 1.807) is 24.3 Å². The Morgan fingerprint density at radius 3 is 1.74 bits per heavy atom. The first-order valence-electron chi connectivity index (χ1n) is 11.1. The highest BCUT2D eigenvalue weighted by molar-refractivity contribution is 5.74. The van der Waals surface area contributed by atoms with Gasteiger partial charge in [0.15, 0.2) is 0 Å². The summed E-state index contributed by atoms with van der Waals surface area (Å²) in [7, 11) is 0. The lowest BCUT2D eigenvalue weighted by atomic mass is 9.94. The molecule has 0 bridgehead atoms. The third kappa shape index (κ3) is 6.53. The van der Waals surface area contributed by atoms with Crippen LogP contribution in [0.3, 0.4) is 0 Å². The van der Waals surface area contributed by atoms with Gasteiger partial charge < -0.3 is 0 Å². The Morgan fingerprint density at radius 2 is 1.17 bits per heavy atom. The molecule has 0 fully saturated rings. The van der Waals surface area contributed by atoms with Gasteiger partial charge in [-0.25, -0.2) is 0 Å². The Bertz CT molecular complexity index is 1250. The van der Waals surface area contributed by atoms with E-state index in [0.29, 0.717) is 11.6 Å². The van der Waals surface area contributed by atoms with E-state index in [1.165, 1.54) is 11.6 Å². The molecule has 0 nitrogen and oxygen atoms in total. The normalized spacial score (nSPS) is 17.7. The third-order valence-electron chi connectivity index (χ3n) is 5.77. The van der Waals surface area contributed by atoms with Crippen molar-refractivity contribution >= 4 is 5.57 Å². The van der Waals surface area contributed by atoms with Gasteiger partial charge >= 0.3 is 12.4 Å². The first-order chi connectivity index (χ1) is 16.6. The van der Waals surface area contributed by atoms with Crippen LogP contribution in [0.1, 0.15) is 29.5 Å². The molecular formula is C29H22F6. The van der Waals surface area contributed by atoms with Gasteiger partial charge in [-0.3, -0.25) is 0 Å². The zero-order valence-electron chi connectivity index (χ0n) is 18.6. The lowest BCUT2D eigenvalue weighted by Crippen LogP contribution is -2.13. The fourth-order valence-corrected chi connectivity index (χ4v) is 4.06. The maximum absolute atomic E-state index is 13.3. The standard InChI is InChI=1S/C29H22F6/c30-28(31,32)19-20-16-26(18-27(17-20)29(33,34)35)25-14-12-24(13-15-25)23-10-8-22(9-11-23)21-6-4-2-1-3-5-7-21/h1-4,6,8-18H,5,7,19H2/b3-1-,4-2-,21-6+. The van der Waals surface area contributed by atoms with Crippen molar-refractivity contribution in [2.75, 3.05) is 0 Å². The summed E-state index contributed by atoms with van der Waals surface area (Å²) in [5, 5.41) is 0. The van der Waals surface area contributed by atoms with Crippen LogP contribution in [0, 0.1) is 0 Å². The Hall–Kier alpha value is -3.54. The van der Waals surface area contributed by atoms with E-state index in [1.807, 2.05) is 42.5 Å². The van der Waals surface area contributed by atoms with Gasteiger partial charge in [-0.2, -0.15) is 26.3 Å². The van der Waals surface area contributed by atoms with Gasteiger partial charge in [0.25, 0.3) is 0 Å². The SMILES string of the molecule is FC(F)(F)Cc1cc(-c2ccc(-c3ccc(/C4=C/C=C\C=C/CC4)cc3)cc2)cc(C(F)(F)F)c1. The Balaban J connectivity index is 1.60. The summed E-state index contributed by atoms with van der Waals surface area (Å²) in [6.45, 7) is 0. The number of halogens is 6. The second-order valence-corrected chi connectivity index (χ2v) is 8.41. The van der Waals surface area contributed by atoms with Crippen LogP contribution in [0.4, 0.5) is 26.3 Å². The largest absolute Gasteiger partial charge is 0.416 e. The van der Waals surface area contributed by atoms with Gasteiger partial charge in [-0.15, -0.1) is 0 Å². The molecule has 35 heavy (non-hydrogen) atoms. The maximum atomic E-state index is 13.3. The second-order valence-electron chi connectivity index (χ2n) is 8.41. The maximum Gasteiger partial charge on any atom is 0.416 e. The molecule has 1 aliphatic rings. The first-order valence-corrected chi connectivity index (χ1v) is 11.1. The molecule has 3 aromatic carbocycles. The lowest BCUT2D eigenvalue weighted by molar-refractivity contribution is -0.138. The van der Waals surface area contributed by atoms with Crippen molar-refractivity contribution in [2.45, 2.75) is 31.6 Å². The minimum Gasteiger partial charge on any atom is -0.171 e. The number of rotatable bonds is 4. The summed E-state index contributed by atoms with van der Waals surface area (Å²) < 4.78 is 78.4. The van der Waals surface area contributed by atoms with Crippen LogP contribution in [0.2, 0.25) is 0 Å². The molecule has 0 spiro atoms. The van der Waals surface area contributed by atoms with Crippen molar-refractivity contribution < 1.29 is 26.3 Å². The molecular weight excluding hydrogens is 462 g/mol. The van der Waals surface area contributed by atoms with Crippen molar-refractivity contribution in [1.82, 2.24) is 0 Å². The molecule has 3 aromatic rings. The van der Waals surface area contributed by atoms with Crippen LogP contribution in [0.5, 0.6) is 0 Å². The molecule has 0 amide bonds. The zero-order chi connectivity index (χ0) is 25.1. The van der Waals surface area contributed by atoms with Crippen LogP contribution in [-0.2, 0) is 12.6 Å². The van der Waals surface area contributed by atoms with E-state index in [0.717, 1.165) is 35.6 Å². The number of allylic oxidation sites excluding steroid dienone is 6. The molecule has 180 valence electrons. The molecule has 0 N–H and O–H groups in total. The molecule has 0 radical (unpaired) electrons. The topological polar surface area (TPSA) is 0 Å². The Kier molecular flexibility index (Phi) is 7.01. The van der Waals surface area contributed by atoms with Crippen molar-refractivity contribution in [3.63, 3.8) is 0 Å². The molecule has 0 aliphatic heterocycles. The van der Waals surface area contributed by atoms with E-state index in [-0.39, 0.29) is 5.56 Å². The summed E-state index contributed by atoms with van der Waals surface area (Å²) in [6, 6.07) is 17.4. The fraction of sp³-hybridized carbons (Fsp3) is 0.172. The van der Waals surface area contributed by atoms with Gasteiger partial charge in [0.2, 0.25) is 0 Å². The molecule has 0 heterocycles. The average molecular weight is 484 g/mol. The van der Waals surface area contributed by atoms with Gasteiger partial charge in [-0.05, 0) is 63.9 Å². The number of benzene rings is 3. The van der Waals surface area contributed by atoms with Crippen LogP contribution in [0.25, 0.3) is 27.8 Å². The van der Waals surface area contributed by atoms with Crippen LogP contribution in [0.15, 0.2) is 97.1 Å². The van der Waals surface area contributed by atoms with Crippen LogP contribution >= 0.6 is 0 Å². The van der Waals surface area contributed by atoms with E-state index in [4.69, 9.17) is 0 Å². The highest BCUT2D eigenvalue weighted by Crippen LogP contribution is 2.36. The van der Waals surface area contributed by atoms with Gasteiger partial charge in [0, 0.05) is 0 Å². The van der Waals surface area contributed by atoms with E-state index in [2.05, 4.69) is 12.2 Å². The minimum absolute atomic E-state index is 0.0966. The van der Waals surface area contributed by atoms with Crippen molar-refractivity contribution in [3.05, 3.63) is 114 Å². The quantitative estimate of drug-likeness (QED) is 0.324. The van der Waals surface area contributed by atoms with E-state index < -0.39 is 29.9 Å². The van der Waals surface area contributed by atoms with Crippen molar-refractivity contribution in [1.29, 1.82) is 0 Å². The van der Waals surface area contributed by atoms with Gasteiger partial charge in [0.05, 0.1) is 12.0 Å². The number of alkyl halides is 6. The predicted octanol–water partition coefficient (Wildman–Crippen LogP) is 9.43. The van der Waals surface area contributed by atoms with Crippen LogP contribution < -0.4 is 0 Å². The first kappa shape index (κ1) is 24.6. The summed E-state index contributed by atoms with van der Waals surface area (Å²) in [5.74, 6) is 0. The van der Waals surface area contributed by atoms with Gasteiger partial charge in [-0.1, -0.05) is 85.0 Å². The summed E-state index contributed by atoms with van der Waals surface area (Å²) in [5.41, 5.74) is 3.14. The molecule has 0 unspecified atom stereocenters. The van der Waals surface area contributed by atoms with Crippen molar-refractivity contribution in [3.8, 4) is 22.3 Å². The lowest BCUT2D eigenvalue weighted by Gasteiger charge is -2.14. The summed E-state index contributed by atoms with van der Waals surface area (Å²) in [6.07, 6.45) is 1.37. The fourth-order valence-electron chi connectivity index (χ4n) is 4.06. The summed E-state index contributed by atoms with van der Waals surface area (Å²) >= 11 is 0. The number of hydrogen-bond donors (Lipinski definition) is 0. The molecule has 1 aliphatic carbocycles. The van der Waals surface area contributed by atoms with E-state index in [9.17, 15) is 26.3 Å². The molecule has 6 heteroatoms. The zero-order valence-corrected chi connectivity index (χ0v) is 18.6. The Morgan fingerprint density at radius 1 is 0.600 bits per heavy atom. The van der Waals surface area contributed by atoms with Crippen molar-refractivity contribution in [2.24, 2.45) is 0 Å². The molecule has 0 saturated heterocycles. The van der Waals surface area contributed by atoms with Gasteiger partial charge in [0.1, 0.15) is 0 Å². The minimum atomic E-state index is -4.74. The molecule has 0 aromatic heterocycles. The highest BCUT2D eigenvalue weighted by Gasteiger charge is 2.33. The monoisotopic (exact) mass is 484 g/mol. The molecule has 0 saturated carbocycles. The average Bonchev–Trinajstić information content (AvgIpc) is 2.77. The third-order valence-corrected chi connectivity index (χ3v) is 5.77. The summed E-state index contributed by atoms with van der Waals surface area (Å²) in [4.78, 5) is 0. The molecule has 4 rings (SSSR count). The van der Waals surface area contributed by atoms with E-state index >= 15 is 0 Å². The second kappa shape index (κ2) is 9.98. The smallest absolute Gasteiger partial charge is 0.171 e.